The fraction of sp³-hybridized carbons (Fsp3) is 1.00. The van der Waals surface area contributed by atoms with E-state index in [0.29, 0.717) is 5.54 Å². The van der Waals surface area contributed by atoms with Crippen LogP contribution in [0, 0.1) is 5.92 Å². The Morgan fingerprint density at radius 1 is 0.895 bits per heavy atom. The first-order valence-electron chi connectivity index (χ1n) is 8.85. The molecule has 0 amide bonds. The predicted molar refractivity (Wildman–Crippen MR) is 81.5 cm³/mol. The Labute approximate surface area is 119 Å². The summed E-state index contributed by atoms with van der Waals surface area (Å²) in [5.74, 6) is 0.999. The van der Waals surface area contributed by atoms with Crippen LogP contribution in [0.15, 0.2) is 0 Å². The van der Waals surface area contributed by atoms with Gasteiger partial charge in [0, 0.05) is 31.7 Å². The lowest BCUT2D eigenvalue weighted by atomic mass is 9.78. The van der Waals surface area contributed by atoms with Crippen LogP contribution in [0.5, 0.6) is 0 Å². The third kappa shape index (κ3) is 3.33. The van der Waals surface area contributed by atoms with Crippen LogP contribution >= 0.6 is 0 Å². The number of nitrogens with zero attached hydrogens (tertiary/aromatic N) is 1. The lowest BCUT2D eigenvalue weighted by Gasteiger charge is -2.51. The number of rotatable bonds is 2. The lowest BCUT2D eigenvalue weighted by molar-refractivity contribution is 0.0136. The van der Waals surface area contributed by atoms with Gasteiger partial charge in [-0.15, -0.1) is 0 Å². The third-order valence-electron chi connectivity index (χ3n) is 5.92. The molecule has 1 N–H and O–H groups in total. The van der Waals surface area contributed by atoms with Crippen molar-refractivity contribution in [2.75, 3.05) is 26.2 Å². The van der Waals surface area contributed by atoms with Gasteiger partial charge in [-0.1, -0.05) is 44.9 Å². The summed E-state index contributed by atoms with van der Waals surface area (Å²) >= 11 is 0. The van der Waals surface area contributed by atoms with E-state index in [2.05, 4.69) is 10.2 Å². The molecule has 19 heavy (non-hydrogen) atoms. The molecule has 0 atom stereocenters. The second-order valence-corrected chi connectivity index (χ2v) is 7.27. The molecule has 110 valence electrons. The molecule has 2 aliphatic carbocycles. The van der Waals surface area contributed by atoms with Gasteiger partial charge in [-0.2, -0.15) is 0 Å². The van der Waals surface area contributed by atoms with Gasteiger partial charge in [-0.05, 0) is 31.6 Å². The van der Waals surface area contributed by atoms with Gasteiger partial charge in [0.2, 0.25) is 0 Å². The van der Waals surface area contributed by atoms with Crippen LogP contribution in [-0.4, -0.2) is 36.6 Å². The Bertz CT molecular complexity index is 254. The SMILES string of the molecule is C1CCCC(CN2CCNCC23CCCCC3)CC1. The molecule has 3 fully saturated rings. The van der Waals surface area contributed by atoms with Crippen LogP contribution in [-0.2, 0) is 0 Å². The first kappa shape index (κ1) is 13.9. The minimum atomic E-state index is 0.544. The first-order chi connectivity index (χ1) is 9.39. The summed E-state index contributed by atoms with van der Waals surface area (Å²) in [6.07, 6.45) is 16.3. The zero-order chi connectivity index (χ0) is 13.0. The van der Waals surface area contributed by atoms with E-state index in [1.807, 2.05) is 0 Å². The molecule has 1 heterocycles. The minimum Gasteiger partial charge on any atom is -0.314 e. The highest BCUT2D eigenvalue weighted by molar-refractivity contribution is 4.98. The topological polar surface area (TPSA) is 15.3 Å². The Morgan fingerprint density at radius 3 is 2.32 bits per heavy atom. The molecule has 2 heteroatoms. The minimum absolute atomic E-state index is 0.544. The van der Waals surface area contributed by atoms with Crippen molar-refractivity contribution in [3.05, 3.63) is 0 Å². The highest BCUT2D eigenvalue weighted by atomic mass is 15.3. The fourth-order valence-corrected chi connectivity index (χ4v) is 4.73. The molecule has 3 aliphatic rings. The van der Waals surface area contributed by atoms with E-state index in [4.69, 9.17) is 0 Å². The van der Waals surface area contributed by atoms with E-state index in [0.717, 1.165) is 5.92 Å². The van der Waals surface area contributed by atoms with Gasteiger partial charge >= 0.3 is 0 Å². The second-order valence-electron chi connectivity index (χ2n) is 7.27. The van der Waals surface area contributed by atoms with Crippen LogP contribution in [0.4, 0.5) is 0 Å². The van der Waals surface area contributed by atoms with Crippen LogP contribution < -0.4 is 5.32 Å². The van der Waals surface area contributed by atoms with Gasteiger partial charge in [-0.25, -0.2) is 0 Å². The normalized spacial score (nSPS) is 30.3. The quantitative estimate of drug-likeness (QED) is 0.767. The van der Waals surface area contributed by atoms with Gasteiger partial charge in [0.1, 0.15) is 0 Å². The summed E-state index contributed by atoms with van der Waals surface area (Å²) in [5.41, 5.74) is 0.544. The summed E-state index contributed by atoms with van der Waals surface area (Å²) in [6, 6.07) is 0. The maximum Gasteiger partial charge on any atom is 0.0334 e. The molecule has 1 spiro atoms. The van der Waals surface area contributed by atoms with Gasteiger partial charge < -0.3 is 5.32 Å². The van der Waals surface area contributed by atoms with E-state index in [9.17, 15) is 0 Å². The molecule has 0 aromatic carbocycles. The van der Waals surface area contributed by atoms with E-state index < -0.39 is 0 Å². The Morgan fingerprint density at radius 2 is 1.58 bits per heavy atom. The zero-order valence-electron chi connectivity index (χ0n) is 12.6. The van der Waals surface area contributed by atoms with Gasteiger partial charge in [-0.3, -0.25) is 4.90 Å². The summed E-state index contributed by atoms with van der Waals surface area (Å²) in [6.45, 7) is 5.19. The average Bonchev–Trinajstić information content (AvgIpc) is 2.71. The molecular weight excluding hydrogens is 232 g/mol. The van der Waals surface area contributed by atoms with Gasteiger partial charge in [0.15, 0.2) is 0 Å². The average molecular weight is 264 g/mol. The lowest BCUT2D eigenvalue weighted by Crippen LogP contribution is -2.62. The second kappa shape index (κ2) is 6.58. The van der Waals surface area contributed by atoms with Crippen LogP contribution in [0.1, 0.15) is 70.6 Å². The van der Waals surface area contributed by atoms with Crippen LogP contribution in [0.2, 0.25) is 0 Å². The van der Waals surface area contributed by atoms with Crippen molar-refractivity contribution in [2.24, 2.45) is 5.92 Å². The molecular formula is C17H32N2. The Hall–Kier alpha value is -0.0800. The van der Waals surface area contributed by atoms with Crippen molar-refractivity contribution in [2.45, 2.75) is 76.2 Å². The Balaban J connectivity index is 1.62. The van der Waals surface area contributed by atoms with E-state index >= 15 is 0 Å². The van der Waals surface area contributed by atoms with E-state index in [1.54, 1.807) is 0 Å². The molecule has 2 saturated carbocycles. The summed E-state index contributed by atoms with van der Waals surface area (Å²) in [5, 5.41) is 3.68. The largest absolute Gasteiger partial charge is 0.314 e. The van der Waals surface area contributed by atoms with Gasteiger partial charge in [0.25, 0.3) is 0 Å². The molecule has 0 aromatic rings. The highest BCUT2D eigenvalue weighted by Gasteiger charge is 2.40. The maximum absolute atomic E-state index is 3.68. The number of nitrogens with one attached hydrogen (secondary N) is 1. The summed E-state index contributed by atoms with van der Waals surface area (Å²) in [7, 11) is 0. The Kier molecular flexibility index (Phi) is 4.81. The molecule has 3 rings (SSSR count). The molecule has 0 bridgehead atoms. The van der Waals surface area contributed by atoms with Crippen LogP contribution in [0.25, 0.3) is 0 Å². The number of hydrogen-bond donors (Lipinski definition) is 1. The highest BCUT2D eigenvalue weighted by Crippen LogP contribution is 2.36. The molecule has 0 aromatic heterocycles. The molecule has 1 saturated heterocycles. The van der Waals surface area contributed by atoms with Crippen molar-refractivity contribution < 1.29 is 0 Å². The van der Waals surface area contributed by atoms with Gasteiger partial charge in [0.05, 0.1) is 0 Å². The number of hydrogen-bond acceptors (Lipinski definition) is 2. The molecule has 2 nitrogen and oxygen atoms in total. The zero-order valence-corrected chi connectivity index (χ0v) is 12.6. The van der Waals surface area contributed by atoms with E-state index in [1.165, 1.54) is 96.8 Å². The molecule has 0 unspecified atom stereocenters. The number of piperazine rings is 1. The van der Waals surface area contributed by atoms with Crippen LogP contribution in [0.3, 0.4) is 0 Å². The van der Waals surface area contributed by atoms with Crippen molar-refractivity contribution in [1.29, 1.82) is 0 Å². The van der Waals surface area contributed by atoms with Crippen molar-refractivity contribution in [1.82, 2.24) is 10.2 Å². The molecule has 1 aliphatic heterocycles. The smallest absolute Gasteiger partial charge is 0.0334 e. The summed E-state index contributed by atoms with van der Waals surface area (Å²) in [4.78, 5) is 2.92. The third-order valence-corrected chi connectivity index (χ3v) is 5.92. The monoisotopic (exact) mass is 264 g/mol. The van der Waals surface area contributed by atoms with Crippen molar-refractivity contribution >= 4 is 0 Å². The predicted octanol–water partition coefficient (Wildman–Crippen LogP) is 3.56. The fourth-order valence-electron chi connectivity index (χ4n) is 4.73. The standard InChI is InChI=1S/C17H32N2/c1-2-5-9-16(8-4-1)14-19-13-12-18-15-17(19)10-6-3-7-11-17/h16,18H,1-15H2. The maximum atomic E-state index is 3.68. The van der Waals surface area contributed by atoms with Crippen molar-refractivity contribution in [3.63, 3.8) is 0 Å². The molecule has 0 radical (unpaired) electrons. The van der Waals surface area contributed by atoms with E-state index in [-0.39, 0.29) is 0 Å². The first-order valence-corrected chi connectivity index (χ1v) is 8.85. The van der Waals surface area contributed by atoms with Crippen molar-refractivity contribution in [3.8, 4) is 0 Å². The summed E-state index contributed by atoms with van der Waals surface area (Å²) < 4.78 is 0.